The van der Waals surface area contributed by atoms with Crippen molar-refractivity contribution in [1.29, 1.82) is 0 Å². The van der Waals surface area contributed by atoms with Crippen molar-refractivity contribution in [3.8, 4) is 0 Å². The Morgan fingerprint density at radius 3 is 2.29 bits per heavy atom. The Morgan fingerprint density at radius 1 is 1.21 bits per heavy atom. The summed E-state index contributed by atoms with van der Waals surface area (Å²) < 4.78 is 0. The number of amides is 1. The number of rotatable bonds is 2. The van der Waals surface area contributed by atoms with Crippen molar-refractivity contribution in [3.05, 3.63) is 34.9 Å². The maximum absolute atomic E-state index is 11.7. The van der Waals surface area contributed by atoms with E-state index in [1.165, 1.54) is 0 Å². The third-order valence-electron chi connectivity index (χ3n) is 2.40. The molecule has 1 saturated carbocycles. The molecule has 1 aliphatic rings. The minimum atomic E-state index is 0.0688. The smallest absolute Gasteiger partial charge is 0.251 e. The summed E-state index contributed by atoms with van der Waals surface area (Å²) in [6, 6.07) is 6.38. The fourth-order valence-electron chi connectivity index (χ4n) is 1.60. The second kappa shape index (κ2) is 3.45. The number of nitrogens with one attached hydrogen (secondary N) is 1. The van der Waals surface area contributed by atoms with Crippen molar-refractivity contribution >= 4 is 5.91 Å². The standard InChI is InChI=1S/C12H15NO/c1-8-5-9(2)7-10(6-8)12(14)13-11-3-4-11/h5-7,11H,3-4H2,1-2H3,(H,13,14). The SMILES string of the molecule is Cc1cc(C)cc(C(=O)NC2CC2)c1. The van der Waals surface area contributed by atoms with Crippen molar-refractivity contribution in [2.75, 3.05) is 0 Å². The highest BCUT2D eigenvalue weighted by Gasteiger charge is 2.23. The Balaban J connectivity index is 2.17. The van der Waals surface area contributed by atoms with Gasteiger partial charge in [0.05, 0.1) is 0 Å². The van der Waals surface area contributed by atoms with Crippen LogP contribution in [0.25, 0.3) is 0 Å². The maximum Gasteiger partial charge on any atom is 0.251 e. The van der Waals surface area contributed by atoms with Crippen LogP contribution >= 0.6 is 0 Å². The molecular weight excluding hydrogens is 174 g/mol. The Kier molecular flexibility index (Phi) is 2.28. The van der Waals surface area contributed by atoms with E-state index in [0.29, 0.717) is 6.04 Å². The molecule has 0 aromatic heterocycles. The minimum Gasteiger partial charge on any atom is -0.349 e. The molecule has 1 aromatic carbocycles. The molecule has 0 unspecified atom stereocenters. The largest absolute Gasteiger partial charge is 0.349 e. The van der Waals surface area contributed by atoms with Gasteiger partial charge in [0.2, 0.25) is 0 Å². The van der Waals surface area contributed by atoms with Gasteiger partial charge in [0, 0.05) is 11.6 Å². The maximum atomic E-state index is 11.7. The molecule has 1 aliphatic carbocycles. The lowest BCUT2D eigenvalue weighted by Gasteiger charge is -2.05. The van der Waals surface area contributed by atoms with E-state index in [0.717, 1.165) is 29.5 Å². The van der Waals surface area contributed by atoms with Gasteiger partial charge in [0.25, 0.3) is 5.91 Å². The fraction of sp³-hybridized carbons (Fsp3) is 0.417. The molecule has 2 nitrogen and oxygen atoms in total. The van der Waals surface area contributed by atoms with E-state index in [2.05, 4.69) is 11.4 Å². The highest BCUT2D eigenvalue weighted by atomic mass is 16.1. The molecule has 14 heavy (non-hydrogen) atoms. The highest BCUT2D eigenvalue weighted by Crippen LogP contribution is 2.19. The van der Waals surface area contributed by atoms with E-state index in [4.69, 9.17) is 0 Å². The quantitative estimate of drug-likeness (QED) is 0.759. The third kappa shape index (κ3) is 2.13. The molecule has 74 valence electrons. The first-order valence-electron chi connectivity index (χ1n) is 5.04. The summed E-state index contributed by atoms with van der Waals surface area (Å²) in [5.41, 5.74) is 3.08. The zero-order valence-electron chi connectivity index (χ0n) is 8.63. The molecule has 0 radical (unpaired) electrons. The number of hydrogen-bond donors (Lipinski definition) is 1. The lowest BCUT2D eigenvalue weighted by Crippen LogP contribution is -2.25. The molecule has 1 aromatic rings. The van der Waals surface area contributed by atoms with Gasteiger partial charge in [0.1, 0.15) is 0 Å². The Morgan fingerprint density at radius 2 is 1.79 bits per heavy atom. The Labute approximate surface area is 84.3 Å². The first kappa shape index (κ1) is 9.25. The van der Waals surface area contributed by atoms with Gasteiger partial charge in [-0.25, -0.2) is 0 Å². The molecule has 0 atom stereocenters. The molecule has 0 aliphatic heterocycles. The van der Waals surface area contributed by atoms with Crippen LogP contribution in [0.5, 0.6) is 0 Å². The fourth-order valence-corrected chi connectivity index (χ4v) is 1.60. The van der Waals surface area contributed by atoms with Crippen molar-refractivity contribution in [2.45, 2.75) is 32.7 Å². The van der Waals surface area contributed by atoms with E-state index in [-0.39, 0.29) is 5.91 Å². The molecule has 1 fully saturated rings. The van der Waals surface area contributed by atoms with Crippen LogP contribution in [0.2, 0.25) is 0 Å². The zero-order valence-corrected chi connectivity index (χ0v) is 8.63. The van der Waals surface area contributed by atoms with Crippen LogP contribution in [0.1, 0.15) is 34.3 Å². The first-order valence-corrected chi connectivity index (χ1v) is 5.04. The summed E-state index contributed by atoms with van der Waals surface area (Å²) in [5.74, 6) is 0.0688. The van der Waals surface area contributed by atoms with Gasteiger partial charge in [-0.3, -0.25) is 4.79 Å². The third-order valence-corrected chi connectivity index (χ3v) is 2.40. The lowest BCUT2D eigenvalue weighted by atomic mass is 10.1. The van der Waals surface area contributed by atoms with E-state index < -0.39 is 0 Å². The summed E-state index contributed by atoms with van der Waals surface area (Å²) >= 11 is 0. The van der Waals surface area contributed by atoms with Crippen LogP contribution in [0.3, 0.4) is 0 Å². The van der Waals surface area contributed by atoms with Crippen molar-refractivity contribution in [3.63, 3.8) is 0 Å². The summed E-state index contributed by atoms with van der Waals surface area (Å²) in [6.45, 7) is 4.03. The van der Waals surface area contributed by atoms with Crippen molar-refractivity contribution in [1.82, 2.24) is 5.32 Å². The van der Waals surface area contributed by atoms with Gasteiger partial charge in [-0.05, 0) is 38.8 Å². The summed E-state index contributed by atoms with van der Waals surface area (Å²) in [7, 11) is 0. The molecule has 0 saturated heterocycles. The summed E-state index contributed by atoms with van der Waals surface area (Å²) in [6.07, 6.45) is 2.27. The van der Waals surface area contributed by atoms with Gasteiger partial charge >= 0.3 is 0 Å². The van der Waals surface area contributed by atoms with Crippen LogP contribution < -0.4 is 5.32 Å². The molecular formula is C12H15NO. The molecule has 2 heteroatoms. The molecule has 1 amide bonds. The predicted octanol–water partition coefficient (Wildman–Crippen LogP) is 2.20. The summed E-state index contributed by atoms with van der Waals surface area (Å²) in [4.78, 5) is 11.7. The van der Waals surface area contributed by atoms with E-state index in [1.54, 1.807) is 0 Å². The Bertz CT molecular complexity index is 346. The number of carbonyl (C=O) groups is 1. The van der Waals surface area contributed by atoms with Crippen molar-refractivity contribution < 1.29 is 4.79 Å². The average Bonchev–Trinajstić information content (AvgIpc) is 2.86. The van der Waals surface area contributed by atoms with Crippen molar-refractivity contribution in [2.24, 2.45) is 0 Å². The van der Waals surface area contributed by atoms with Gasteiger partial charge in [-0.2, -0.15) is 0 Å². The van der Waals surface area contributed by atoms with Gasteiger partial charge < -0.3 is 5.32 Å². The monoisotopic (exact) mass is 189 g/mol. The first-order chi connectivity index (χ1) is 6.65. The second-order valence-corrected chi connectivity index (χ2v) is 4.12. The van der Waals surface area contributed by atoms with Gasteiger partial charge in [-0.1, -0.05) is 17.2 Å². The Hall–Kier alpha value is -1.31. The molecule has 0 spiro atoms. The van der Waals surface area contributed by atoms with Crippen LogP contribution in [0.4, 0.5) is 0 Å². The zero-order chi connectivity index (χ0) is 10.1. The van der Waals surface area contributed by atoms with Crippen LogP contribution in [-0.4, -0.2) is 11.9 Å². The number of benzene rings is 1. The lowest BCUT2D eigenvalue weighted by molar-refractivity contribution is 0.0951. The molecule has 0 heterocycles. The van der Waals surface area contributed by atoms with Crippen LogP contribution in [-0.2, 0) is 0 Å². The number of carbonyl (C=O) groups excluding carboxylic acids is 1. The highest BCUT2D eigenvalue weighted by molar-refractivity contribution is 5.94. The topological polar surface area (TPSA) is 29.1 Å². The minimum absolute atomic E-state index is 0.0688. The summed E-state index contributed by atoms with van der Waals surface area (Å²) in [5, 5.41) is 2.99. The molecule has 1 N–H and O–H groups in total. The van der Waals surface area contributed by atoms with Crippen LogP contribution in [0.15, 0.2) is 18.2 Å². The average molecular weight is 189 g/mol. The molecule has 2 rings (SSSR count). The van der Waals surface area contributed by atoms with E-state index >= 15 is 0 Å². The number of aryl methyl sites for hydroxylation is 2. The second-order valence-electron chi connectivity index (χ2n) is 4.12. The molecule has 0 bridgehead atoms. The predicted molar refractivity (Wildman–Crippen MR) is 56.4 cm³/mol. The van der Waals surface area contributed by atoms with Gasteiger partial charge in [0.15, 0.2) is 0 Å². The number of hydrogen-bond acceptors (Lipinski definition) is 1. The van der Waals surface area contributed by atoms with Crippen LogP contribution in [0, 0.1) is 13.8 Å². The van der Waals surface area contributed by atoms with Gasteiger partial charge in [-0.15, -0.1) is 0 Å². The van der Waals surface area contributed by atoms with E-state index in [9.17, 15) is 4.79 Å². The van der Waals surface area contributed by atoms with E-state index in [1.807, 2.05) is 26.0 Å². The normalized spacial score (nSPS) is 15.3.